The van der Waals surface area contributed by atoms with Crippen LogP contribution in [-0.2, 0) is 9.84 Å². The molecular weight excluding hydrogens is 378 g/mol. The smallest absolute Gasteiger partial charge is 0.253 e. The highest BCUT2D eigenvalue weighted by Crippen LogP contribution is 2.31. The van der Waals surface area contributed by atoms with Crippen molar-refractivity contribution in [2.75, 3.05) is 12.9 Å². The van der Waals surface area contributed by atoms with Crippen LogP contribution in [0.3, 0.4) is 0 Å². The van der Waals surface area contributed by atoms with Crippen molar-refractivity contribution in [3.63, 3.8) is 0 Å². The molecule has 1 N–H and O–H groups in total. The lowest BCUT2D eigenvalue weighted by Crippen LogP contribution is -2.28. The number of hydrogen-bond donors (Lipinski definition) is 1. The van der Waals surface area contributed by atoms with Gasteiger partial charge in [-0.1, -0.05) is 31.2 Å². The molecular formula is C21H23NO5S. The van der Waals surface area contributed by atoms with Gasteiger partial charge in [-0.15, -0.1) is 0 Å². The summed E-state index contributed by atoms with van der Waals surface area (Å²) in [7, 11) is -1.95. The highest BCUT2D eigenvalue weighted by molar-refractivity contribution is 7.91. The Kier molecular flexibility index (Phi) is 5.74. The summed E-state index contributed by atoms with van der Waals surface area (Å²) in [6, 6.07) is 13.2. The lowest BCUT2D eigenvalue weighted by molar-refractivity contribution is 0.0932. The molecule has 1 heterocycles. The molecule has 0 spiro atoms. The number of methoxy groups -OCH3 is 1. The van der Waals surface area contributed by atoms with Crippen molar-refractivity contribution in [1.29, 1.82) is 0 Å². The Morgan fingerprint density at radius 2 is 1.93 bits per heavy atom. The van der Waals surface area contributed by atoms with E-state index >= 15 is 0 Å². The number of para-hydroxylation sites is 1. The number of nitrogens with one attached hydrogen (secondary N) is 1. The molecule has 1 aromatic heterocycles. The first-order valence-electron chi connectivity index (χ1n) is 9.06. The van der Waals surface area contributed by atoms with Crippen LogP contribution in [0.15, 0.2) is 57.8 Å². The SMILES string of the molecule is CCCS(=O)(=O)c1ccccc1C(=O)NC(C)c1cc2cccc(OC)c2o1. The molecule has 0 radical (unpaired) electrons. The van der Waals surface area contributed by atoms with Crippen molar-refractivity contribution in [3.8, 4) is 5.75 Å². The fraction of sp³-hybridized carbons (Fsp3) is 0.286. The standard InChI is InChI=1S/C21H23NO5S/c1-4-12-28(24,25)19-11-6-5-9-16(19)21(23)22-14(2)18-13-15-8-7-10-17(26-3)20(15)27-18/h5-11,13-14H,4,12H2,1-3H3,(H,22,23). The molecule has 2 aromatic carbocycles. The van der Waals surface area contributed by atoms with Gasteiger partial charge in [0.05, 0.1) is 29.4 Å². The molecule has 0 saturated carbocycles. The lowest BCUT2D eigenvalue weighted by Gasteiger charge is -2.14. The number of hydrogen-bond acceptors (Lipinski definition) is 5. The highest BCUT2D eigenvalue weighted by Gasteiger charge is 2.23. The fourth-order valence-electron chi connectivity index (χ4n) is 3.08. The fourth-order valence-corrected chi connectivity index (χ4v) is 4.62. The molecule has 1 atom stereocenters. The monoisotopic (exact) mass is 401 g/mol. The molecule has 0 bridgehead atoms. The van der Waals surface area contributed by atoms with Gasteiger partial charge in [0.2, 0.25) is 0 Å². The maximum absolute atomic E-state index is 12.8. The molecule has 0 fully saturated rings. The van der Waals surface area contributed by atoms with E-state index in [-0.39, 0.29) is 16.2 Å². The largest absolute Gasteiger partial charge is 0.493 e. The summed E-state index contributed by atoms with van der Waals surface area (Å²) in [5.41, 5.74) is 0.739. The first-order chi connectivity index (χ1) is 13.4. The first-order valence-corrected chi connectivity index (χ1v) is 10.7. The maximum atomic E-state index is 12.8. The minimum absolute atomic E-state index is 0.00376. The van der Waals surface area contributed by atoms with Crippen LogP contribution in [-0.4, -0.2) is 27.2 Å². The molecule has 0 aliphatic heterocycles. The molecule has 3 rings (SSSR count). The zero-order valence-electron chi connectivity index (χ0n) is 16.1. The van der Waals surface area contributed by atoms with Gasteiger partial charge in [-0.05, 0) is 37.6 Å². The van der Waals surface area contributed by atoms with Gasteiger partial charge in [0.15, 0.2) is 21.2 Å². The quantitative estimate of drug-likeness (QED) is 0.644. The van der Waals surface area contributed by atoms with Crippen molar-refractivity contribution in [2.24, 2.45) is 0 Å². The van der Waals surface area contributed by atoms with E-state index in [4.69, 9.17) is 9.15 Å². The second-order valence-electron chi connectivity index (χ2n) is 6.54. The van der Waals surface area contributed by atoms with E-state index in [0.717, 1.165) is 5.39 Å². The Labute approximate surface area is 164 Å². The Hall–Kier alpha value is -2.80. The summed E-state index contributed by atoms with van der Waals surface area (Å²) in [4.78, 5) is 12.8. The van der Waals surface area contributed by atoms with Gasteiger partial charge in [-0.2, -0.15) is 0 Å². The molecule has 0 aliphatic rings. The van der Waals surface area contributed by atoms with Gasteiger partial charge >= 0.3 is 0 Å². The molecule has 1 unspecified atom stereocenters. The van der Waals surface area contributed by atoms with E-state index in [9.17, 15) is 13.2 Å². The summed E-state index contributed by atoms with van der Waals surface area (Å²) in [6.45, 7) is 3.57. The summed E-state index contributed by atoms with van der Waals surface area (Å²) in [6.07, 6.45) is 0.482. The number of sulfone groups is 1. The molecule has 28 heavy (non-hydrogen) atoms. The van der Waals surface area contributed by atoms with Crippen LogP contribution in [0.2, 0.25) is 0 Å². The Bertz CT molecular complexity index is 1100. The van der Waals surface area contributed by atoms with E-state index in [1.54, 1.807) is 39.2 Å². The van der Waals surface area contributed by atoms with Crippen LogP contribution in [0.25, 0.3) is 11.0 Å². The van der Waals surface area contributed by atoms with Crippen LogP contribution in [0, 0.1) is 0 Å². The number of benzene rings is 2. The van der Waals surface area contributed by atoms with Crippen molar-refractivity contribution >= 4 is 26.7 Å². The number of amides is 1. The average Bonchev–Trinajstić information content (AvgIpc) is 3.12. The predicted molar refractivity (Wildman–Crippen MR) is 107 cm³/mol. The van der Waals surface area contributed by atoms with Gasteiger partial charge in [0.25, 0.3) is 5.91 Å². The number of carbonyl (C=O) groups excluding carboxylic acids is 1. The molecule has 0 saturated heterocycles. The van der Waals surface area contributed by atoms with E-state index in [0.29, 0.717) is 23.5 Å². The second kappa shape index (κ2) is 8.06. The second-order valence-corrected chi connectivity index (χ2v) is 8.62. The zero-order valence-corrected chi connectivity index (χ0v) is 16.9. The topological polar surface area (TPSA) is 85.6 Å². The third-order valence-corrected chi connectivity index (χ3v) is 6.43. The van der Waals surface area contributed by atoms with Crippen LogP contribution in [0.5, 0.6) is 5.75 Å². The molecule has 3 aromatic rings. The molecule has 148 valence electrons. The van der Waals surface area contributed by atoms with Crippen molar-refractivity contribution in [1.82, 2.24) is 5.32 Å². The molecule has 6 nitrogen and oxygen atoms in total. The minimum atomic E-state index is -3.52. The van der Waals surface area contributed by atoms with Gasteiger partial charge in [-0.3, -0.25) is 4.79 Å². The summed E-state index contributed by atoms with van der Waals surface area (Å²) in [5, 5.41) is 3.69. The number of carbonyl (C=O) groups is 1. The zero-order chi connectivity index (χ0) is 20.3. The Balaban J connectivity index is 1.88. The van der Waals surface area contributed by atoms with Gasteiger partial charge < -0.3 is 14.5 Å². The maximum Gasteiger partial charge on any atom is 0.253 e. The Morgan fingerprint density at radius 3 is 2.64 bits per heavy atom. The van der Waals surface area contributed by atoms with E-state index in [1.807, 2.05) is 18.2 Å². The minimum Gasteiger partial charge on any atom is -0.493 e. The number of furan rings is 1. The first kappa shape index (κ1) is 19.9. The molecule has 1 amide bonds. The number of fused-ring (bicyclic) bond motifs is 1. The molecule has 0 aliphatic carbocycles. The van der Waals surface area contributed by atoms with Gasteiger partial charge in [0, 0.05) is 5.39 Å². The predicted octanol–water partition coefficient (Wildman–Crippen LogP) is 4.12. The highest BCUT2D eigenvalue weighted by atomic mass is 32.2. The summed E-state index contributed by atoms with van der Waals surface area (Å²) < 4.78 is 36.1. The third-order valence-electron chi connectivity index (χ3n) is 4.46. The third kappa shape index (κ3) is 3.89. The number of ether oxygens (including phenoxy) is 1. The normalized spacial score (nSPS) is 12.7. The van der Waals surface area contributed by atoms with Crippen LogP contribution in [0.1, 0.15) is 42.4 Å². The van der Waals surface area contributed by atoms with Gasteiger partial charge in [0.1, 0.15) is 5.76 Å². The lowest BCUT2D eigenvalue weighted by atomic mass is 10.1. The summed E-state index contributed by atoms with van der Waals surface area (Å²) >= 11 is 0. The van der Waals surface area contributed by atoms with E-state index < -0.39 is 21.8 Å². The number of rotatable bonds is 7. The van der Waals surface area contributed by atoms with Crippen molar-refractivity contribution in [3.05, 3.63) is 59.9 Å². The van der Waals surface area contributed by atoms with E-state index in [1.165, 1.54) is 12.1 Å². The van der Waals surface area contributed by atoms with E-state index in [2.05, 4.69) is 5.32 Å². The van der Waals surface area contributed by atoms with Crippen molar-refractivity contribution < 1.29 is 22.4 Å². The average molecular weight is 401 g/mol. The Morgan fingerprint density at radius 1 is 1.18 bits per heavy atom. The van der Waals surface area contributed by atoms with Crippen molar-refractivity contribution in [2.45, 2.75) is 31.2 Å². The molecule has 7 heteroatoms. The van der Waals surface area contributed by atoms with Crippen LogP contribution in [0.4, 0.5) is 0 Å². The van der Waals surface area contributed by atoms with Gasteiger partial charge in [-0.25, -0.2) is 8.42 Å². The summed E-state index contributed by atoms with van der Waals surface area (Å²) in [5.74, 6) is 0.700. The van der Waals surface area contributed by atoms with Crippen LogP contribution >= 0.6 is 0 Å². The van der Waals surface area contributed by atoms with Crippen LogP contribution < -0.4 is 10.1 Å².